The van der Waals surface area contributed by atoms with Gasteiger partial charge in [0.15, 0.2) is 0 Å². The summed E-state index contributed by atoms with van der Waals surface area (Å²) in [4.78, 5) is 8.83. The molecule has 0 aromatic carbocycles. The second-order valence-electron chi connectivity index (χ2n) is 4.45. The monoisotopic (exact) mass is 291 g/mol. The third-order valence-corrected chi connectivity index (χ3v) is 4.47. The van der Waals surface area contributed by atoms with Crippen molar-refractivity contribution in [3.63, 3.8) is 0 Å². The van der Waals surface area contributed by atoms with Crippen molar-refractivity contribution in [1.82, 2.24) is 9.97 Å². The zero-order valence-corrected chi connectivity index (χ0v) is 12.5. The topological polar surface area (TPSA) is 78.1 Å². The Balaban J connectivity index is 2.32. The molecular formula is C14H17N3O2S. The first-order valence-electron chi connectivity index (χ1n) is 6.11. The third-order valence-electron chi connectivity index (χ3n) is 3.07. The fraction of sp³-hybridized carbons (Fsp3) is 0.286. The zero-order valence-electron chi connectivity index (χ0n) is 11.7. The van der Waals surface area contributed by atoms with Gasteiger partial charge in [0.1, 0.15) is 5.75 Å². The number of pyridine rings is 2. The number of anilines is 1. The van der Waals surface area contributed by atoms with Gasteiger partial charge in [-0.25, -0.2) is 0 Å². The molecule has 0 aliphatic carbocycles. The van der Waals surface area contributed by atoms with E-state index in [1.807, 2.05) is 13.8 Å². The molecule has 1 atom stereocenters. The summed E-state index contributed by atoms with van der Waals surface area (Å²) in [6.07, 6.45) is 4.82. The molecule has 106 valence electrons. The van der Waals surface area contributed by atoms with Crippen LogP contribution >= 0.6 is 0 Å². The lowest BCUT2D eigenvalue weighted by molar-refractivity contribution is 0.407. The Labute approximate surface area is 120 Å². The van der Waals surface area contributed by atoms with Gasteiger partial charge in [0.2, 0.25) is 0 Å². The lowest BCUT2D eigenvalue weighted by Crippen LogP contribution is -2.06. The summed E-state index contributed by atoms with van der Waals surface area (Å²) in [5.41, 5.74) is 8.85. The summed E-state index contributed by atoms with van der Waals surface area (Å²) in [5, 5.41) is 0. The van der Waals surface area contributed by atoms with Gasteiger partial charge in [0, 0.05) is 23.5 Å². The molecule has 0 spiro atoms. The van der Waals surface area contributed by atoms with Gasteiger partial charge in [-0.2, -0.15) is 0 Å². The molecule has 0 saturated carbocycles. The highest BCUT2D eigenvalue weighted by Crippen LogP contribution is 2.26. The minimum absolute atomic E-state index is 0.302. The predicted octanol–water partition coefficient (Wildman–Crippen LogP) is 1.99. The molecule has 0 aliphatic rings. The number of hydrogen-bond donors (Lipinski definition) is 1. The molecule has 0 fully saturated rings. The van der Waals surface area contributed by atoms with E-state index in [1.54, 1.807) is 25.6 Å². The van der Waals surface area contributed by atoms with Gasteiger partial charge in [-0.05, 0) is 19.9 Å². The van der Waals surface area contributed by atoms with E-state index in [4.69, 9.17) is 10.5 Å². The van der Waals surface area contributed by atoms with Crippen LogP contribution in [0.5, 0.6) is 5.75 Å². The normalized spacial score (nSPS) is 12.2. The number of rotatable bonds is 4. The average Bonchev–Trinajstić information content (AvgIpc) is 2.43. The Morgan fingerprint density at radius 3 is 2.75 bits per heavy atom. The summed E-state index contributed by atoms with van der Waals surface area (Å²) in [7, 11) is 0.366. The van der Waals surface area contributed by atoms with Crippen LogP contribution in [-0.2, 0) is 16.6 Å². The molecule has 0 bridgehead atoms. The van der Waals surface area contributed by atoms with Gasteiger partial charge in [-0.1, -0.05) is 0 Å². The molecule has 0 aliphatic heterocycles. The number of nitrogens with zero attached hydrogens (tertiary/aromatic N) is 2. The van der Waals surface area contributed by atoms with Crippen LogP contribution in [0.3, 0.4) is 0 Å². The van der Waals surface area contributed by atoms with Crippen LogP contribution in [-0.4, -0.2) is 21.3 Å². The number of ether oxygens (including phenoxy) is 1. The van der Waals surface area contributed by atoms with E-state index in [0.29, 0.717) is 16.3 Å². The lowest BCUT2D eigenvalue weighted by Gasteiger charge is -2.12. The Kier molecular flexibility index (Phi) is 4.34. The molecule has 1 unspecified atom stereocenters. The van der Waals surface area contributed by atoms with E-state index in [-0.39, 0.29) is 0 Å². The molecule has 2 heterocycles. The molecule has 2 N–H and O–H groups in total. The van der Waals surface area contributed by atoms with E-state index < -0.39 is 10.8 Å². The Bertz CT molecular complexity index is 659. The highest BCUT2D eigenvalue weighted by Gasteiger charge is 2.14. The summed E-state index contributed by atoms with van der Waals surface area (Å²) >= 11 is 0. The van der Waals surface area contributed by atoms with Crippen LogP contribution in [0.4, 0.5) is 5.69 Å². The Morgan fingerprint density at radius 1 is 1.35 bits per heavy atom. The van der Waals surface area contributed by atoms with Gasteiger partial charge in [0.25, 0.3) is 0 Å². The number of methoxy groups -OCH3 is 1. The van der Waals surface area contributed by atoms with Crippen LogP contribution in [0.1, 0.15) is 16.8 Å². The quantitative estimate of drug-likeness (QED) is 0.932. The first-order valence-corrected chi connectivity index (χ1v) is 7.43. The molecule has 2 aromatic heterocycles. The van der Waals surface area contributed by atoms with E-state index in [0.717, 1.165) is 22.6 Å². The SMILES string of the molecule is COc1c(C)cnc(CS(=O)c2ccncc2N)c1C. The summed E-state index contributed by atoms with van der Waals surface area (Å²) < 4.78 is 17.7. The van der Waals surface area contributed by atoms with E-state index in [9.17, 15) is 4.21 Å². The van der Waals surface area contributed by atoms with E-state index in [1.165, 1.54) is 6.20 Å². The van der Waals surface area contributed by atoms with Gasteiger partial charge in [-0.3, -0.25) is 14.2 Å². The predicted molar refractivity (Wildman–Crippen MR) is 79.0 cm³/mol. The van der Waals surface area contributed by atoms with Crippen molar-refractivity contribution < 1.29 is 8.95 Å². The maximum absolute atomic E-state index is 12.4. The Hall–Kier alpha value is -1.95. The largest absolute Gasteiger partial charge is 0.496 e. The molecule has 0 saturated heterocycles. The zero-order chi connectivity index (χ0) is 14.7. The van der Waals surface area contributed by atoms with Crippen LogP contribution in [0.15, 0.2) is 29.6 Å². The lowest BCUT2D eigenvalue weighted by atomic mass is 10.1. The molecule has 0 amide bonds. The van der Waals surface area contributed by atoms with Gasteiger partial charge >= 0.3 is 0 Å². The molecule has 5 nitrogen and oxygen atoms in total. The minimum Gasteiger partial charge on any atom is -0.496 e. The second kappa shape index (κ2) is 6.00. The van der Waals surface area contributed by atoms with Crippen LogP contribution in [0.2, 0.25) is 0 Å². The van der Waals surface area contributed by atoms with Crippen molar-refractivity contribution in [3.05, 3.63) is 41.5 Å². The van der Waals surface area contributed by atoms with Gasteiger partial charge < -0.3 is 10.5 Å². The summed E-state index contributed by atoms with van der Waals surface area (Å²) in [5.74, 6) is 1.09. The highest BCUT2D eigenvalue weighted by molar-refractivity contribution is 7.84. The molecule has 2 rings (SSSR count). The standard InChI is InChI=1S/C14H17N3O2S/c1-9-6-17-12(10(2)14(9)19-3)8-20(18)13-4-5-16-7-11(13)15/h4-7H,8,15H2,1-3H3. The summed E-state index contributed by atoms with van der Waals surface area (Å²) in [6, 6.07) is 1.67. The smallest absolute Gasteiger partial charge is 0.128 e. The molecule has 6 heteroatoms. The van der Waals surface area contributed by atoms with Crippen molar-refractivity contribution in [1.29, 1.82) is 0 Å². The van der Waals surface area contributed by atoms with Gasteiger partial charge in [-0.15, -0.1) is 0 Å². The second-order valence-corrected chi connectivity index (χ2v) is 5.87. The van der Waals surface area contributed by atoms with E-state index in [2.05, 4.69) is 9.97 Å². The molecular weight excluding hydrogens is 274 g/mol. The van der Waals surface area contributed by atoms with Crippen molar-refractivity contribution in [2.45, 2.75) is 24.5 Å². The first-order chi connectivity index (χ1) is 9.54. The number of aryl methyl sites for hydroxylation is 1. The first kappa shape index (κ1) is 14.5. The highest BCUT2D eigenvalue weighted by atomic mass is 32.2. The maximum atomic E-state index is 12.4. The van der Waals surface area contributed by atoms with Gasteiger partial charge in [0.05, 0.1) is 46.1 Å². The molecule has 0 radical (unpaired) electrons. The van der Waals surface area contributed by atoms with E-state index >= 15 is 0 Å². The number of aromatic nitrogens is 2. The Morgan fingerprint density at radius 2 is 2.10 bits per heavy atom. The third kappa shape index (κ3) is 2.80. The van der Waals surface area contributed by atoms with Crippen molar-refractivity contribution in [2.75, 3.05) is 12.8 Å². The van der Waals surface area contributed by atoms with Crippen LogP contribution in [0, 0.1) is 13.8 Å². The molecule has 2 aromatic rings. The van der Waals surface area contributed by atoms with Crippen molar-refractivity contribution >= 4 is 16.5 Å². The van der Waals surface area contributed by atoms with Crippen molar-refractivity contribution in [2.24, 2.45) is 0 Å². The minimum atomic E-state index is -1.26. The fourth-order valence-electron chi connectivity index (χ4n) is 2.02. The number of hydrogen-bond acceptors (Lipinski definition) is 5. The van der Waals surface area contributed by atoms with Crippen molar-refractivity contribution in [3.8, 4) is 5.75 Å². The van der Waals surface area contributed by atoms with Crippen LogP contribution in [0.25, 0.3) is 0 Å². The maximum Gasteiger partial charge on any atom is 0.128 e. The number of nitrogen functional groups attached to an aromatic ring is 1. The fourth-order valence-corrected chi connectivity index (χ4v) is 3.24. The van der Waals surface area contributed by atoms with Crippen LogP contribution < -0.4 is 10.5 Å². The molecule has 20 heavy (non-hydrogen) atoms. The summed E-state index contributed by atoms with van der Waals surface area (Å²) in [6.45, 7) is 3.85. The average molecular weight is 291 g/mol. The number of nitrogens with two attached hydrogens (primary N) is 1.